The molecule has 0 aromatic carbocycles. The summed E-state index contributed by atoms with van der Waals surface area (Å²) in [5, 5.41) is 0. The van der Waals surface area contributed by atoms with Gasteiger partial charge >= 0.3 is 101 Å². The maximum absolute atomic E-state index is 5.43. The first-order chi connectivity index (χ1) is 6.92. The first-order valence-corrected chi connectivity index (χ1v) is 6.38. The second-order valence-electron chi connectivity index (χ2n) is 3.61. The van der Waals surface area contributed by atoms with E-state index in [0.29, 0.717) is 5.92 Å². The van der Waals surface area contributed by atoms with Crippen molar-refractivity contribution in [3.8, 4) is 0 Å². The Bertz CT molecular complexity index is 305. The first-order valence-electron chi connectivity index (χ1n) is 4.91. The van der Waals surface area contributed by atoms with E-state index >= 15 is 0 Å². The van der Waals surface area contributed by atoms with Gasteiger partial charge in [0.05, 0.1) is 0 Å². The Kier molecular flexibility index (Phi) is 12.4. The van der Waals surface area contributed by atoms with Crippen LogP contribution in [0, 0.1) is 5.92 Å². The quantitative estimate of drug-likeness (QED) is 0.382. The molecule has 0 fully saturated rings. The number of rotatable bonds is 4. The van der Waals surface area contributed by atoms with Crippen LogP contribution in [0.2, 0.25) is 0 Å². The fraction of sp³-hybridized carbons (Fsp3) is 0.333. The van der Waals surface area contributed by atoms with Gasteiger partial charge in [-0.15, -0.1) is 0 Å². The summed E-state index contributed by atoms with van der Waals surface area (Å²) in [7, 11) is 0. The summed E-state index contributed by atoms with van der Waals surface area (Å²) in [5.74, 6) is 0.525. The monoisotopic (exact) mass is 458 g/mol. The van der Waals surface area contributed by atoms with Crippen molar-refractivity contribution in [3.05, 3.63) is 47.6 Å². The fourth-order valence-electron chi connectivity index (χ4n) is 1.98. The third-order valence-corrected chi connectivity index (χ3v) is 3.34. The van der Waals surface area contributed by atoms with Crippen LogP contribution in [0.1, 0.15) is 12.8 Å². The van der Waals surface area contributed by atoms with E-state index in [1.54, 1.807) is 0 Å². The maximum atomic E-state index is 5.43. The Labute approximate surface area is 137 Å². The van der Waals surface area contributed by atoms with Gasteiger partial charge in [-0.25, -0.2) is 0 Å². The van der Waals surface area contributed by atoms with E-state index in [9.17, 15) is 0 Å². The number of allylic oxidation sites excluding steroid dienone is 6. The molecular formula is C12H13Cl3HfO. The van der Waals surface area contributed by atoms with Crippen LogP contribution in [-0.2, 0) is 27.7 Å². The summed E-state index contributed by atoms with van der Waals surface area (Å²) in [5.41, 5.74) is 3.02. The molecule has 0 atom stereocenters. The van der Waals surface area contributed by atoms with Crippen molar-refractivity contribution in [2.24, 2.45) is 5.92 Å². The average molecular weight is 458 g/mol. The molecule has 0 radical (unpaired) electrons. The van der Waals surface area contributed by atoms with Gasteiger partial charge in [0.15, 0.2) is 0 Å². The zero-order valence-electron chi connectivity index (χ0n) is 9.20. The molecule has 0 N–H and O–H groups in total. The van der Waals surface area contributed by atoms with Gasteiger partial charge in [0.25, 0.3) is 0 Å². The molecule has 0 saturated carbocycles. The molecule has 2 aliphatic carbocycles. The summed E-state index contributed by atoms with van der Waals surface area (Å²) in [6, 6.07) is 0. The zero-order valence-corrected chi connectivity index (χ0v) is 15.1. The predicted molar refractivity (Wildman–Crippen MR) is 53.1 cm³/mol. The van der Waals surface area contributed by atoms with Crippen molar-refractivity contribution in [1.82, 2.24) is 0 Å². The molecule has 0 saturated heterocycles. The SMILES string of the molecule is [Cl-].[Cl-].[Cl-].[Hf+3][O]CC(C1=CC=CC1)C1=CC=CC1. The molecule has 0 spiro atoms. The average Bonchev–Trinajstić information content (AvgIpc) is 2.87. The standard InChI is InChI=1S/C12H13O.3ClH.Hf/c13-9-12(10-5-1-2-6-10)11-7-3-4-8-11;;;;/h1-5,7,12H,6,8-9H2;3*1H;/q-1;;;;+4/p-3. The number of hydrogen-bond donors (Lipinski definition) is 0. The fourth-order valence-corrected chi connectivity index (χ4v) is 2.58. The Balaban J connectivity index is 0. The summed E-state index contributed by atoms with van der Waals surface area (Å²) in [6.07, 6.45) is 15.4. The van der Waals surface area contributed by atoms with Gasteiger partial charge in [0.1, 0.15) is 0 Å². The van der Waals surface area contributed by atoms with Gasteiger partial charge in [-0.2, -0.15) is 0 Å². The van der Waals surface area contributed by atoms with Crippen molar-refractivity contribution < 1.29 is 64.9 Å². The molecule has 0 amide bonds. The Morgan fingerprint density at radius 3 is 1.76 bits per heavy atom. The van der Waals surface area contributed by atoms with Crippen molar-refractivity contribution in [3.63, 3.8) is 0 Å². The molecule has 0 heterocycles. The zero-order chi connectivity index (χ0) is 9.80. The van der Waals surface area contributed by atoms with Crippen LogP contribution >= 0.6 is 0 Å². The molecule has 92 valence electrons. The molecule has 17 heavy (non-hydrogen) atoms. The van der Waals surface area contributed by atoms with Crippen molar-refractivity contribution in [2.45, 2.75) is 12.8 Å². The topological polar surface area (TPSA) is 9.23 Å². The minimum absolute atomic E-state index is 0. The van der Waals surface area contributed by atoms with Gasteiger partial charge in [-0.05, 0) is 0 Å². The van der Waals surface area contributed by atoms with Crippen molar-refractivity contribution in [1.29, 1.82) is 0 Å². The summed E-state index contributed by atoms with van der Waals surface area (Å²) >= 11 is 0.834. The van der Waals surface area contributed by atoms with E-state index in [0.717, 1.165) is 44.3 Å². The van der Waals surface area contributed by atoms with Crippen LogP contribution in [-0.4, -0.2) is 6.61 Å². The minimum atomic E-state index is 0. The first kappa shape index (κ1) is 20.0. The second-order valence-corrected chi connectivity index (χ2v) is 4.65. The van der Waals surface area contributed by atoms with Gasteiger partial charge in [-0.1, -0.05) is 0 Å². The van der Waals surface area contributed by atoms with E-state index in [1.807, 2.05) is 0 Å². The van der Waals surface area contributed by atoms with Gasteiger partial charge < -0.3 is 37.2 Å². The Hall–Kier alpha value is 0.660. The van der Waals surface area contributed by atoms with E-state index in [1.165, 1.54) is 11.1 Å². The molecule has 0 bridgehead atoms. The predicted octanol–water partition coefficient (Wildman–Crippen LogP) is -6.13. The molecule has 2 rings (SSSR count). The second kappa shape index (κ2) is 10.6. The van der Waals surface area contributed by atoms with Crippen molar-refractivity contribution in [2.75, 3.05) is 6.61 Å². The molecule has 0 unspecified atom stereocenters. The van der Waals surface area contributed by atoms with Crippen LogP contribution < -0.4 is 37.2 Å². The van der Waals surface area contributed by atoms with Crippen LogP contribution in [0.3, 0.4) is 0 Å². The van der Waals surface area contributed by atoms with E-state index in [-0.39, 0.29) is 37.2 Å². The van der Waals surface area contributed by atoms with E-state index in [4.69, 9.17) is 2.85 Å². The van der Waals surface area contributed by atoms with Crippen molar-refractivity contribution >= 4 is 0 Å². The van der Waals surface area contributed by atoms with Gasteiger partial charge in [-0.3, -0.25) is 0 Å². The van der Waals surface area contributed by atoms with Gasteiger partial charge in [0, 0.05) is 0 Å². The summed E-state index contributed by atoms with van der Waals surface area (Å²) < 4.78 is 5.43. The molecule has 0 aromatic rings. The molecular weight excluding hydrogens is 445 g/mol. The number of halogens is 3. The molecule has 0 aromatic heterocycles. The normalized spacial score (nSPS) is 15.9. The molecule has 0 aliphatic heterocycles. The molecule has 1 nitrogen and oxygen atoms in total. The third kappa shape index (κ3) is 5.44. The number of hydrogen-bond acceptors (Lipinski definition) is 1. The summed E-state index contributed by atoms with van der Waals surface area (Å²) in [4.78, 5) is 0. The Morgan fingerprint density at radius 1 is 1.00 bits per heavy atom. The third-order valence-electron chi connectivity index (χ3n) is 2.75. The van der Waals surface area contributed by atoms with Crippen LogP contribution in [0.25, 0.3) is 0 Å². The summed E-state index contributed by atoms with van der Waals surface area (Å²) in [6.45, 7) is 0.868. The van der Waals surface area contributed by atoms with Crippen LogP contribution in [0.15, 0.2) is 47.6 Å². The molecule has 2 aliphatic rings. The van der Waals surface area contributed by atoms with E-state index in [2.05, 4.69) is 36.5 Å². The Morgan fingerprint density at radius 2 is 1.47 bits per heavy atom. The van der Waals surface area contributed by atoms with Crippen LogP contribution in [0.5, 0.6) is 0 Å². The van der Waals surface area contributed by atoms with Gasteiger partial charge in [0.2, 0.25) is 0 Å². The van der Waals surface area contributed by atoms with E-state index < -0.39 is 0 Å². The van der Waals surface area contributed by atoms with Crippen LogP contribution in [0.4, 0.5) is 0 Å². The molecule has 5 heteroatoms.